The zero-order valence-corrected chi connectivity index (χ0v) is 11.7. The first kappa shape index (κ1) is 14.3. The normalized spacial score (nSPS) is 17.4. The quantitative estimate of drug-likeness (QED) is 0.925. The molecule has 0 aliphatic carbocycles. The molecule has 1 aromatic rings. The number of carbonyl (C=O) groups is 1. The molecule has 0 radical (unpaired) electrons. The minimum absolute atomic E-state index is 0.0143. The van der Waals surface area contributed by atoms with Crippen molar-refractivity contribution >= 4 is 17.5 Å². The Morgan fingerprint density at radius 3 is 2.84 bits per heavy atom. The second-order valence-electron chi connectivity index (χ2n) is 5.08. The van der Waals surface area contributed by atoms with Gasteiger partial charge >= 0.3 is 0 Å². The van der Waals surface area contributed by atoms with E-state index in [0.29, 0.717) is 17.5 Å². The van der Waals surface area contributed by atoms with Crippen LogP contribution in [0.4, 0.5) is 4.39 Å². The molecular formula is C14H18ClFN2O. The van der Waals surface area contributed by atoms with E-state index >= 15 is 0 Å². The van der Waals surface area contributed by atoms with Crippen molar-refractivity contribution in [2.24, 2.45) is 5.92 Å². The van der Waals surface area contributed by atoms with E-state index in [1.165, 1.54) is 18.2 Å². The van der Waals surface area contributed by atoms with Crippen molar-refractivity contribution in [2.75, 3.05) is 26.7 Å². The predicted octanol–water partition coefficient (Wildman–Crippen LogP) is 2.55. The van der Waals surface area contributed by atoms with Gasteiger partial charge in [0.2, 0.25) is 0 Å². The fraction of sp³-hybridized carbons (Fsp3) is 0.500. The number of hydrogen-bond donors (Lipinski definition) is 1. The number of likely N-dealkylation sites (tertiary alicyclic amines) is 1. The molecular weight excluding hydrogens is 267 g/mol. The Hall–Kier alpha value is -1.13. The van der Waals surface area contributed by atoms with E-state index in [1.807, 2.05) is 0 Å². The second kappa shape index (κ2) is 6.35. The summed E-state index contributed by atoms with van der Waals surface area (Å²) < 4.78 is 13.5. The van der Waals surface area contributed by atoms with Crippen LogP contribution in [-0.2, 0) is 0 Å². The second-order valence-corrected chi connectivity index (χ2v) is 5.52. The van der Waals surface area contributed by atoms with Gasteiger partial charge in [-0.15, -0.1) is 0 Å². The van der Waals surface area contributed by atoms with Crippen LogP contribution < -0.4 is 5.32 Å². The van der Waals surface area contributed by atoms with Crippen LogP contribution in [0.3, 0.4) is 0 Å². The van der Waals surface area contributed by atoms with Crippen LogP contribution >= 0.6 is 11.6 Å². The van der Waals surface area contributed by atoms with E-state index in [-0.39, 0.29) is 11.5 Å². The number of piperidine rings is 1. The van der Waals surface area contributed by atoms with Gasteiger partial charge in [0.15, 0.2) is 0 Å². The smallest absolute Gasteiger partial charge is 0.254 e. The van der Waals surface area contributed by atoms with E-state index in [4.69, 9.17) is 11.6 Å². The number of amides is 1. The summed E-state index contributed by atoms with van der Waals surface area (Å²) >= 11 is 5.77. The number of benzene rings is 1. The lowest BCUT2D eigenvalue weighted by atomic mass is 9.97. The third-order valence-electron chi connectivity index (χ3n) is 3.56. The molecule has 0 unspecified atom stereocenters. The van der Waals surface area contributed by atoms with Gasteiger partial charge in [-0.1, -0.05) is 11.6 Å². The molecule has 2 rings (SSSR count). The van der Waals surface area contributed by atoms with Gasteiger partial charge in [-0.2, -0.15) is 0 Å². The Bertz CT molecular complexity index is 459. The van der Waals surface area contributed by atoms with E-state index < -0.39 is 5.82 Å². The highest BCUT2D eigenvalue weighted by atomic mass is 35.5. The van der Waals surface area contributed by atoms with Crippen LogP contribution in [0.1, 0.15) is 23.2 Å². The van der Waals surface area contributed by atoms with E-state index in [0.717, 1.165) is 25.9 Å². The van der Waals surface area contributed by atoms with Crippen LogP contribution in [0.25, 0.3) is 0 Å². The minimum Gasteiger partial charge on any atom is -0.352 e. The molecule has 1 amide bonds. The molecule has 0 aromatic heterocycles. The molecule has 0 saturated carbocycles. The lowest BCUT2D eigenvalue weighted by Gasteiger charge is -2.28. The maximum absolute atomic E-state index is 13.5. The molecule has 0 bridgehead atoms. The fourth-order valence-electron chi connectivity index (χ4n) is 2.27. The van der Waals surface area contributed by atoms with Gasteiger partial charge in [-0.3, -0.25) is 4.79 Å². The number of halogens is 2. The molecule has 1 aliphatic rings. The van der Waals surface area contributed by atoms with Crippen molar-refractivity contribution in [1.29, 1.82) is 0 Å². The van der Waals surface area contributed by atoms with Crippen molar-refractivity contribution in [3.63, 3.8) is 0 Å². The number of carbonyl (C=O) groups excluding carboxylic acids is 1. The zero-order chi connectivity index (χ0) is 13.8. The third kappa shape index (κ3) is 3.91. The molecule has 1 saturated heterocycles. The van der Waals surface area contributed by atoms with Gasteiger partial charge in [0, 0.05) is 11.6 Å². The average molecular weight is 285 g/mol. The molecule has 1 aromatic carbocycles. The minimum atomic E-state index is -0.537. The van der Waals surface area contributed by atoms with Crippen LogP contribution in [0.5, 0.6) is 0 Å². The number of nitrogens with zero attached hydrogens (tertiary/aromatic N) is 1. The Morgan fingerprint density at radius 2 is 2.16 bits per heavy atom. The molecule has 1 N–H and O–H groups in total. The summed E-state index contributed by atoms with van der Waals surface area (Å²) in [7, 11) is 2.09. The summed E-state index contributed by atoms with van der Waals surface area (Å²) in [5.41, 5.74) is 0.0143. The monoisotopic (exact) mass is 284 g/mol. The molecule has 5 heteroatoms. The number of nitrogens with one attached hydrogen (secondary N) is 1. The molecule has 0 spiro atoms. The van der Waals surface area contributed by atoms with Crippen LogP contribution in [0.2, 0.25) is 5.02 Å². The van der Waals surface area contributed by atoms with Crippen molar-refractivity contribution < 1.29 is 9.18 Å². The molecule has 1 heterocycles. The van der Waals surface area contributed by atoms with Crippen molar-refractivity contribution in [2.45, 2.75) is 12.8 Å². The Morgan fingerprint density at radius 1 is 1.47 bits per heavy atom. The number of rotatable bonds is 3. The largest absolute Gasteiger partial charge is 0.352 e. The summed E-state index contributed by atoms with van der Waals surface area (Å²) in [4.78, 5) is 14.2. The van der Waals surface area contributed by atoms with Gasteiger partial charge in [-0.25, -0.2) is 4.39 Å². The third-order valence-corrected chi connectivity index (χ3v) is 3.80. The lowest BCUT2D eigenvalue weighted by molar-refractivity contribution is 0.0935. The van der Waals surface area contributed by atoms with E-state index in [2.05, 4.69) is 17.3 Å². The van der Waals surface area contributed by atoms with Gasteiger partial charge in [0.05, 0.1) is 5.56 Å². The SMILES string of the molecule is CN1CCC(CNC(=O)c2cc(Cl)ccc2F)CC1. The standard InChI is InChI=1S/C14H18ClFN2O/c1-18-6-4-10(5-7-18)9-17-14(19)12-8-11(15)2-3-13(12)16/h2-3,8,10H,4-7,9H2,1H3,(H,17,19). The molecule has 19 heavy (non-hydrogen) atoms. The molecule has 1 aliphatic heterocycles. The van der Waals surface area contributed by atoms with Crippen molar-refractivity contribution in [3.8, 4) is 0 Å². The Labute approximate surface area is 117 Å². The Kier molecular flexibility index (Phi) is 4.77. The topological polar surface area (TPSA) is 32.3 Å². The fourth-order valence-corrected chi connectivity index (χ4v) is 2.44. The first-order chi connectivity index (χ1) is 9.06. The van der Waals surface area contributed by atoms with Crippen molar-refractivity contribution in [3.05, 3.63) is 34.6 Å². The van der Waals surface area contributed by atoms with E-state index in [1.54, 1.807) is 0 Å². The van der Waals surface area contributed by atoms with Crippen LogP contribution in [0.15, 0.2) is 18.2 Å². The first-order valence-corrected chi connectivity index (χ1v) is 6.86. The molecule has 104 valence electrons. The highest BCUT2D eigenvalue weighted by Crippen LogP contribution is 2.17. The molecule has 1 fully saturated rings. The molecule has 0 atom stereocenters. The summed E-state index contributed by atoms with van der Waals surface area (Å²) in [5, 5.41) is 3.16. The van der Waals surface area contributed by atoms with E-state index in [9.17, 15) is 9.18 Å². The first-order valence-electron chi connectivity index (χ1n) is 6.48. The highest BCUT2D eigenvalue weighted by Gasteiger charge is 2.18. The summed E-state index contributed by atoms with van der Waals surface area (Å²) in [6.07, 6.45) is 2.13. The van der Waals surface area contributed by atoms with Crippen molar-refractivity contribution in [1.82, 2.24) is 10.2 Å². The predicted molar refractivity (Wildman–Crippen MR) is 74.0 cm³/mol. The Balaban J connectivity index is 1.89. The van der Waals surface area contributed by atoms with Gasteiger partial charge in [0.25, 0.3) is 5.91 Å². The summed E-state index contributed by atoms with van der Waals surface area (Å²) in [6.45, 7) is 2.69. The zero-order valence-electron chi connectivity index (χ0n) is 11.0. The average Bonchev–Trinajstić information content (AvgIpc) is 2.40. The highest BCUT2D eigenvalue weighted by molar-refractivity contribution is 6.30. The van der Waals surface area contributed by atoms with Gasteiger partial charge in [0.1, 0.15) is 5.82 Å². The summed E-state index contributed by atoms with van der Waals surface area (Å²) in [6, 6.07) is 4.01. The summed E-state index contributed by atoms with van der Waals surface area (Å²) in [5.74, 6) is -0.452. The maximum Gasteiger partial charge on any atom is 0.254 e. The van der Waals surface area contributed by atoms with Gasteiger partial charge < -0.3 is 10.2 Å². The van der Waals surface area contributed by atoms with Crippen LogP contribution in [0, 0.1) is 11.7 Å². The number of hydrogen-bond acceptors (Lipinski definition) is 2. The van der Waals surface area contributed by atoms with Crippen LogP contribution in [-0.4, -0.2) is 37.5 Å². The maximum atomic E-state index is 13.5. The lowest BCUT2D eigenvalue weighted by Crippen LogP contribution is -2.37. The van der Waals surface area contributed by atoms with Gasteiger partial charge in [-0.05, 0) is 57.1 Å². The molecule has 3 nitrogen and oxygen atoms in total.